The van der Waals surface area contributed by atoms with Crippen molar-refractivity contribution in [3.8, 4) is 11.3 Å². The Morgan fingerprint density at radius 3 is 2.54 bits per heavy atom. The van der Waals surface area contributed by atoms with Crippen LogP contribution in [0.4, 0.5) is 5.69 Å². The van der Waals surface area contributed by atoms with Crippen molar-refractivity contribution in [1.29, 1.82) is 0 Å². The number of amides is 1. The number of nitrogens with one attached hydrogen (secondary N) is 1. The fourth-order valence-electron chi connectivity index (χ4n) is 3.35. The molecule has 0 spiro atoms. The number of carbonyl (C=O) groups excluding carboxylic acids is 1. The lowest BCUT2D eigenvalue weighted by Gasteiger charge is -2.11. The lowest BCUT2D eigenvalue weighted by atomic mass is 10.1. The van der Waals surface area contributed by atoms with E-state index in [1.54, 1.807) is 0 Å². The first-order valence-corrected chi connectivity index (χ1v) is 10.6. The first kappa shape index (κ1) is 18.4. The zero-order chi connectivity index (χ0) is 19.7. The summed E-state index contributed by atoms with van der Waals surface area (Å²) in [5.41, 5.74) is 2.67. The zero-order valence-electron chi connectivity index (χ0n) is 15.1. The number of primary sulfonamides is 1. The molecule has 1 aliphatic rings. The van der Waals surface area contributed by atoms with Crippen molar-refractivity contribution in [3.63, 3.8) is 0 Å². The molecule has 7 nitrogen and oxygen atoms in total. The molecule has 0 aliphatic carbocycles. The minimum absolute atomic E-state index is 0.0342. The smallest absolute Gasteiger partial charge is 0.255 e. The molecule has 28 heavy (non-hydrogen) atoms. The molecule has 2 heterocycles. The van der Waals surface area contributed by atoms with Crippen molar-refractivity contribution in [2.75, 3.05) is 5.32 Å². The molecule has 1 aromatic heterocycles. The molecule has 8 heteroatoms. The van der Waals surface area contributed by atoms with E-state index >= 15 is 0 Å². The molecule has 1 amide bonds. The topological polar surface area (TPSA) is 107 Å². The number of aromatic nitrogens is 2. The van der Waals surface area contributed by atoms with Crippen LogP contribution >= 0.6 is 0 Å². The van der Waals surface area contributed by atoms with Gasteiger partial charge < -0.3 is 9.88 Å². The van der Waals surface area contributed by atoms with Crippen molar-refractivity contribution < 1.29 is 13.2 Å². The third-order valence-electron chi connectivity index (χ3n) is 4.80. The number of fused-ring (bicyclic) bond motifs is 1. The molecule has 2 aromatic carbocycles. The number of anilines is 1. The lowest BCUT2D eigenvalue weighted by Crippen LogP contribution is -2.14. The highest BCUT2D eigenvalue weighted by atomic mass is 32.2. The molecule has 0 radical (unpaired) electrons. The van der Waals surface area contributed by atoms with Gasteiger partial charge in [0.05, 0.1) is 16.3 Å². The molecular formula is C20H20N4O3S. The second-order valence-corrected chi connectivity index (χ2v) is 8.32. The monoisotopic (exact) mass is 396 g/mol. The summed E-state index contributed by atoms with van der Waals surface area (Å²) in [6, 6.07) is 13.0. The Labute approximate surface area is 163 Å². The molecular weight excluding hydrogens is 376 g/mol. The summed E-state index contributed by atoms with van der Waals surface area (Å²) in [5, 5.41) is 7.99. The Hall–Kier alpha value is -2.97. The molecule has 0 atom stereocenters. The van der Waals surface area contributed by atoms with Gasteiger partial charge in [-0.15, -0.1) is 0 Å². The Bertz CT molecular complexity index is 1110. The zero-order valence-corrected chi connectivity index (χ0v) is 15.9. The second kappa shape index (κ2) is 7.21. The molecule has 144 valence electrons. The maximum atomic E-state index is 12.6. The number of imidazole rings is 1. The highest BCUT2D eigenvalue weighted by Crippen LogP contribution is 2.29. The second-order valence-electron chi connectivity index (χ2n) is 6.76. The first-order valence-electron chi connectivity index (χ1n) is 9.01. The van der Waals surface area contributed by atoms with Gasteiger partial charge in [-0.05, 0) is 43.2 Å². The standard InChI is InChI=1S/C20H20N4O3S/c21-28(26,27)15-10-8-14(9-11-15)20(25)23-17-6-2-1-5-16(17)18-13-24-12-4-3-7-19(24)22-18/h1-2,5-6,8-11,13H,3-4,7,12H2,(H,23,25)(H2,21,26,27). The molecule has 0 bridgehead atoms. The van der Waals surface area contributed by atoms with Gasteiger partial charge in [-0.1, -0.05) is 18.2 Å². The minimum Gasteiger partial charge on any atom is -0.334 e. The van der Waals surface area contributed by atoms with Crippen molar-refractivity contribution in [2.24, 2.45) is 5.14 Å². The number of carbonyl (C=O) groups is 1. The Balaban J connectivity index is 1.60. The number of aryl methyl sites for hydroxylation is 2. The van der Waals surface area contributed by atoms with E-state index in [1.807, 2.05) is 30.5 Å². The number of hydrogen-bond donors (Lipinski definition) is 2. The van der Waals surface area contributed by atoms with Gasteiger partial charge in [-0.3, -0.25) is 4.79 Å². The molecule has 1 aliphatic heterocycles. The third kappa shape index (κ3) is 3.69. The van der Waals surface area contributed by atoms with Crippen molar-refractivity contribution >= 4 is 21.6 Å². The summed E-state index contributed by atoms with van der Waals surface area (Å²) >= 11 is 0. The van der Waals surface area contributed by atoms with E-state index in [1.165, 1.54) is 24.3 Å². The van der Waals surface area contributed by atoms with Gasteiger partial charge in [0, 0.05) is 30.3 Å². The number of nitrogens with zero attached hydrogens (tertiary/aromatic N) is 2. The van der Waals surface area contributed by atoms with Crippen LogP contribution in [0.5, 0.6) is 0 Å². The van der Waals surface area contributed by atoms with Gasteiger partial charge in [0.25, 0.3) is 5.91 Å². The van der Waals surface area contributed by atoms with E-state index in [4.69, 9.17) is 10.1 Å². The van der Waals surface area contributed by atoms with E-state index in [0.29, 0.717) is 11.3 Å². The average Bonchev–Trinajstić information content (AvgIpc) is 3.12. The Morgan fingerprint density at radius 1 is 1.07 bits per heavy atom. The number of rotatable bonds is 4. The van der Waals surface area contributed by atoms with E-state index < -0.39 is 10.0 Å². The lowest BCUT2D eigenvalue weighted by molar-refractivity contribution is 0.102. The van der Waals surface area contributed by atoms with Gasteiger partial charge >= 0.3 is 0 Å². The normalized spacial score (nSPS) is 13.8. The molecule has 3 N–H and O–H groups in total. The first-order chi connectivity index (χ1) is 13.4. The van der Waals surface area contributed by atoms with Crippen LogP contribution in [0.25, 0.3) is 11.3 Å². The summed E-state index contributed by atoms with van der Waals surface area (Å²) in [7, 11) is -3.79. The predicted octanol–water partition coefficient (Wildman–Crippen LogP) is 2.79. The number of sulfonamides is 1. The van der Waals surface area contributed by atoms with Gasteiger partial charge in [-0.2, -0.15) is 0 Å². The Kier molecular flexibility index (Phi) is 4.74. The van der Waals surface area contributed by atoms with Gasteiger partial charge in [0.2, 0.25) is 10.0 Å². The maximum absolute atomic E-state index is 12.6. The number of hydrogen-bond acceptors (Lipinski definition) is 4. The summed E-state index contributed by atoms with van der Waals surface area (Å²) in [6.45, 7) is 0.966. The number of para-hydroxylation sites is 1. The Morgan fingerprint density at radius 2 is 1.82 bits per heavy atom. The third-order valence-corrected chi connectivity index (χ3v) is 5.73. The van der Waals surface area contributed by atoms with E-state index in [2.05, 4.69) is 9.88 Å². The highest BCUT2D eigenvalue weighted by Gasteiger charge is 2.17. The van der Waals surface area contributed by atoms with Gasteiger partial charge in [0.15, 0.2) is 0 Å². The van der Waals surface area contributed by atoms with Crippen molar-refractivity contribution in [3.05, 3.63) is 66.1 Å². The van der Waals surface area contributed by atoms with Gasteiger partial charge in [-0.25, -0.2) is 18.5 Å². The molecule has 0 saturated carbocycles. The van der Waals surface area contributed by atoms with Crippen LogP contribution in [0.2, 0.25) is 0 Å². The van der Waals surface area contributed by atoms with Crippen LogP contribution in [0.1, 0.15) is 29.0 Å². The molecule has 0 unspecified atom stereocenters. The minimum atomic E-state index is -3.79. The molecule has 4 rings (SSSR count). The number of nitrogens with two attached hydrogens (primary N) is 1. The van der Waals surface area contributed by atoms with Crippen LogP contribution in [-0.4, -0.2) is 23.9 Å². The van der Waals surface area contributed by atoms with Crippen LogP contribution in [0.15, 0.2) is 59.6 Å². The summed E-state index contributed by atoms with van der Waals surface area (Å²) in [5.74, 6) is 0.735. The molecule has 3 aromatic rings. The van der Waals surface area contributed by atoms with Crippen LogP contribution in [-0.2, 0) is 23.0 Å². The van der Waals surface area contributed by atoms with E-state index in [0.717, 1.165) is 42.9 Å². The fourth-order valence-corrected chi connectivity index (χ4v) is 3.86. The summed E-state index contributed by atoms with van der Waals surface area (Å²) in [4.78, 5) is 17.3. The summed E-state index contributed by atoms with van der Waals surface area (Å²) in [6.07, 6.45) is 5.28. The maximum Gasteiger partial charge on any atom is 0.255 e. The van der Waals surface area contributed by atoms with Crippen LogP contribution in [0, 0.1) is 0 Å². The largest absolute Gasteiger partial charge is 0.334 e. The van der Waals surface area contributed by atoms with Crippen LogP contribution < -0.4 is 10.5 Å². The van der Waals surface area contributed by atoms with Crippen LogP contribution in [0.3, 0.4) is 0 Å². The van der Waals surface area contributed by atoms with E-state index in [9.17, 15) is 13.2 Å². The molecule has 0 fully saturated rings. The fraction of sp³-hybridized carbons (Fsp3) is 0.200. The highest BCUT2D eigenvalue weighted by molar-refractivity contribution is 7.89. The van der Waals surface area contributed by atoms with Crippen molar-refractivity contribution in [1.82, 2.24) is 9.55 Å². The molecule has 0 saturated heterocycles. The van der Waals surface area contributed by atoms with Gasteiger partial charge in [0.1, 0.15) is 5.82 Å². The summed E-state index contributed by atoms with van der Waals surface area (Å²) < 4.78 is 24.9. The predicted molar refractivity (Wildman–Crippen MR) is 106 cm³/mol. The van der Waals surface area contributed by atoms with Crippen molar-refractivity contribution in [2.45, 2.75) is 30.7 Å². The average molecular weight is 396 g/mol. The number of benzene rings is 2. The van der Waals surface area contributed by atoms with E-state index in [-0.39, 0.29) is 10.8 Å². The SMILES string of the molecule is NS(=O)(=O)c1ccc(C(=O)Nc2ccccc2-c2cn3c(n2)CCCC3)cc1. The quantitative estimate of drug-likeness (QED) is 0.707.